The molecule has 122 valence electrons. The topological polar surface area (TPSA) is 55.1 Å². The highest BCUT2D eigenvalue weighted by Gasteiger charge is 2.36. The first kappa shape index (κ1) is 16.8. The van der Waals surface area contributed by atoms with Crippen molar-refractivity contribution in [1.29, 1.82) is 0 Å². The van der Waals surface area contributed by atoms with Gasteiger partial charge >= 0.3 is 0 Å². The maximum Gasteiger partial charge on any atom is 0.223 e. The highest BCUT2D eigenvalue weighted by atomic mass is 16.1. The van der Waals surface area contributed by atoms with E-state index in [1.54, 1.807) is 0 Å². The average molecular weight is 294 g/mol. The van der Waals surface area contributed by atoms with Gasteiger partial charge in [0, 0.05) is 18.5 Å². The fourth-order valence-electron chi connectivity index (χ4n) is 4.52. The van der Waals surface area contributed by atoms with Crippen molar-refractivity contribution in [1.82, 2.24) is 5.32 Å². The second-order valence-electron chi connectivity index (χ2n) is 8.17. The van der Waals surface area contributed by atoms with Crippen LogP contribution in [-0.4, -0.2) is 18.5 Å². The molecule has 0 aromatic carbocycles. The Balaban J connectivity index is 1.84. The molecule has 3 atom stereocenters. The molecule has 2 rings (SSSR count). The van der Waals surface area contributed by atoms with Crippen LogP contribution >= 0.6 is 0 Å². The quantitative estimate of drug-likeness (QED) is 0.815. The standard InChI is InChI=1S/C18H34N2O/c1-13(2)11-18(8-4-5-9-18)12-20-17(21)15-6-7-16(19)14(3)10-15/h13-16H,4-12,19H2,1-3H3,(H,20,21). The van der Waals surface area contributed by atoms with Gasteiger partial charge in [0.15, 0.2) is 0 Å². The molecule has 0 saturated heterocycles. The molecular weight excluding hydrogens is 260 g/mol. The summed E-state index contributed by atoms with van der Waals surface area (Å²) in [6, 6.07) is 0.288. The van der Waals surface area contributed by atoms with Gasteiger partial charge in [-0.25, -0.2) is 0 Å². The molecule has 3 N–H and O–H groups in total. The molecule has 0 aromatic heterocycles. The van der Waals surface area contributed by atoms with Crippen LogP contribution < -0.4 is 11.1 Å². The molecule has 0 aliphatic heterocycles. The molecule has 0 bridgehead atoms. The summed E-state index contributed by atoms with van der Waals surface area (Å²) in [4.78, 5) is 12.5. The van der Waals surface area contributed by atoms with Crippen LogP contribution in [-0.2, 0) is 4.79 Å². The zero-order valence-electron chi connectivity index (χ0n) is 14.2. The Morgan fingerprint density at radius 2 is 1.95 bits per heavy atom. The summed E-state index contributed by atoms with van der Waals surface area (Å²) < 4.78 is 0. The van der Waals surface area contributed by atoms with E-state index in [0.29, 0.717) is 17.3 Å². The Hall–Kier alpha value is -0.570. The van der Waals surface area contributed by atoms with Crippen molar-refractivity contribution in [3.63, 3.8) is 0 Å². The summed E-state index contributed by atoms with van der Waals surface area (Å²) in [5.41, 5.74) is 6.43. The van der Waals surface area contributed by atoms with Gasteiger partial charge in [-0.1, -0.05) is 33.6 Å². The molecule has 21 heavy (non-hydrogen) atoms. The average Bonchev–Trinajstić information content (AvgIpc) is 2.87. The SMILES string of the molecule is CC(C)CC1(CNC(=O)C2CCC(N)C(C)C2)CCCC1. The number of hydrogen-bond acceptors (Lipinski definition) is 2. The number of carbonyl (C=O) groups excluding carboxylic acids is 1. The molecular formula is C18H34N2O. The van der Waals surface area contributed by atoms with Gasteiger partial charge in [-0.3, -0.25) is 4.79 Å². The van der Waals surface area contributed by atoms with E-state index in [9.17, 15) is 4.79 Å². The van der Waals surface area contributed by atoms with Gasteiger partial charge in [-0.15, -0.1) is 0 Å². The largest absolute Gasteiger partial charge is 0.355 e. The lowest BCUT2D eigenvalue weighted by molar-refractivity contribution is -0.127. The fraction of sp³-hybridized carbons (Fsp3) is 0.944. The molecule has 1 amide bonds. The molecule has 0 spiro atoms. The highest BCUT2D eigenvalue weighted by Crippen LogP contribution is 2.42. The van der Waals surface area contributed by atoms with E-state index in [1.807, 2.05) is 0 Å². The summed E-state index contributed by atoms with van der Waals surface area (Å²) in [6.45, 7) is 7.67. The van der Waals surface area contributed by atoms with Crippen LogP contribution in [0.4, 0.5) is 0 Å². The van der Waals surface area contributed by atoms with Crippen molar-refractivity contribution >= 4 is 5.91 Å². The Morgan fingerprint density at radius 3 is 2.52 bits per heavy atom. The Morgan fingerprint density at radius 1 is 1.29 bits per heavy atom. The maximum atomic E-state index is 12.5. The maximum absolute atomic E-state index is 12.5. The molecule has 2 fully saturated rings. The molecule has 2 aliphatic rings. The van der Waals surface area contributed by atoms with Gasteiger partial charge in [0.1, 0.15) is 0 Å². The minimum atomic E-state index is 0.192. The second kappa shape index (κ2) is 7.13. The Labute approximate surface area is 130 Å². The zero-order valence-corrected chi connectivity index (χ0v) is 14.2. The zero-order chi connectivity index (χ0) is 15.5. The molecule has 2 saturated carbocycles. The third kappa shape index (κ3) is 4.45. The van der Waals surface area contributed by atoms with E-state index in [2.05, 4.69) is 26.1 Å². The first-order valence-corrected chi connectivity index (χ1v) is 8.95. The van der Waals surface area contributed by atoms with E-state index in [0.717, 1.165) is 25.8 Å². The summed E-state index contributed by atoms with van der Waals surface area (Å²) in [5, 5.41) is 3.30. The van der Waals surface area contributed by atoms with Crippen LogP contribution in [0.15, 0.2) is 0 Å². The van der Waals surface area contributed by atoms with Crippen molar-refractivity contribution in [3.05, 3.63) is 0 Å². The second-order valence-corrected chi connectivity index (χ2v) is 8.17. The van der Waals surface area contributed by atoms with Crippen molar-refractivity contribution < 1.29 is 4.79 Å². The van der Waals surface area contributed by atoms with E-state index < -0.39 is 0 Å². The molecule has 0 radical (unpaired) electrons. The van der Waals surface area contributed by atoms with Crippen LogP contribution in [0.2, 0.25) is 0 Å². The molecule has 3 heteroatoms. The van der Waals surface area contributed by atoms with Crippen LogP contribution in [0.3, 0.4) is 0 Å². The van der Waals surface area contributed by atoms with Gasteiger partial charge in [0.2, 0.25) is 5.91 Å². The molecule has 0 aromatic rings. The number of rotatable bonds is 5. The summed E-state index contributed by atoms with van der Waals surface area (Å²) in [5.74, 6) is 1.67. The molecule has 0 heterocycles. The Bertz CT molecular complexity index is 347. The number of carbonyl (C=O) groups is 1. The lowest BCUT2D eigenvalue weighted by Gasteiger charge is -2.34. The van der Waals surface area contributed by atoms with Crippen LogP contribution in [0.25, 0.3) is 0 Å². The van der Waals surface area contributed by atoms with Gasteiger partial charge in [-0.2, -0.15) is 0 Å². The van der Waals surface area contributed by atoms with Gasteiger partial charge in [0.25, 0.3) is 0 Å². The summed E-state index contributed by atoms with van der Waals surface area (Å²) in [7, 11) is 0. The first-order chi connectivity index (χ1) is 9.92. The number of hydrogen-bond donors (Lipinski definition) is 2. The minimum absolute atomic E-state index is 0.192. The highest BCUT2D eigenvalue weighted by molar-refractivity contribution is 5.78. The van der Waals surface area contributed by atoms with Gasteiger partial charge in [0.05, 0.1) is 0 Å². The van der Waals surface area contributed by atoms with E-state index in [1.165, 1.54) is 32.1 Å². The van der Waals surface area contributed by atoms with E-state index >= 15 is 0 Å². The van der Waals surface area contributed by atoms with Crippen molar-refractivity contribution in [2.45, 2.75) is 78.2 Å². The number of nitrogens with two attached hydrogens (primary N) is 1. The fourth-order valence-corrected chi connectivity index (χ4v) is 4.52. The van der Waals surface area contributed by atoms with E-state index in [4.69, 9.17) is 5.73 Å². The van der Waals surface area contributed by atoms with E-state index in [-0.39, 0.29) is 17.9 Å². The normalized spacial score (nSPS) is 32.3. The number of nitrogens with one attached hydrogen (secondary N) is 1. The van der Waals surface area contributed by atoms with Crippen molar-refractivity contribution in [2.75, 3.05) is 6.54 Å². The minimum Gasteiger partial charge on any atom is -0.355 e. The summed E-state index contributed by atoms with van der Waals surface area (Å²) >= 11 is 0. The first-order valence-electron chi connectivity index (χ1n) is 8.95. The van der Waals surface area contributed by atoms with Crippen LogP contribution in [0, 0.1) is 23.2 Å². The smallest absolute Gasteiger partial charge is 0.223 e. The number of amides is 1. The summed E-state index contributed by atoms with van der Waals surface area (Å²) in [6.07, 6.45) is 9.42. The third-order valence-corrected chi connectivity index (χ3v) is 5.75. The van der Waals surface area contributed by atoms with Crippen molar-refractivity contribution in [2.24, 2.45) is 28.9 Å². The lowest BCUT2D eigenvalue weighted by atomic mass is 9.77. The van der Waals surface area contributed by atoms with Crippen molar-refractivity contribution in [3.8, 4) is 0 Å². The molecule has 2 aliphatic carbocycles. The lowest BCUT2D eigenvalue weighted by Crippen LogP contribution is -2.43. The molecule has 3 nitrogen and oxygen atoms in total. The van der Waals surface area contributed by atoms with Crippen LogP contribution in [0.1, 0.15) is 72.1 Å². The monoisotopic (exact) mass is 294 g/mol. The van der Waals surface area contributed by atoms with Gasteiger partial charge < -0.3 is 11.1 Å². The predicted octanol–water partition coefficient (Wildman–Crippen LogP) is 3.47. The Kier molecular flexibility index (Phi) is 5.70. The van der Waals surface area contributed by atoms with Crippen LogP contribution in [0.5, 0.6) is 0 Å². The third-order valence-electron chi connectivity index (χ3n) is 5.75. The van der Waals surface area contributed by atoms with Gasteiger partial charge in [-0.05, 0) is 55.8 Å². The molecule has 3 unspecified atom stereocenters. The predicted molar refractivity (Wildman–Crippen MR) is 87.8 cm³/mol.